The number of unbranched alkanes of at least 4 members (excludes halogenated alkanes) is 2. The number of carbonyl (C=O) groups is 2. The van der Waals surface area contributed by atoms with Crippen LogP contribution in [-0.2, 0) is 0 Å². The molecule has 0 unspecified atom stereocenters. The third-order valence-electron chi connectivity index (χ3n) is 3.79. The van der Waals surface area contributed by atoms with E-state index in [1.54, 1.807) is 48.5 Å². The first kappa shape index (κ1) is 20.4. The average Bonchev–Trinajstić information content (AvgIpc) is 2.66. The molecule has 0 saturated heterocycles. The lowest BCUT2D eigenvalue weighted by Crippen LogP contribution is -2.34. The van der Waals surface area contributed by atoms with E-state index < -0.39 is 5.91 Å². The molecule has 4 N–H and O–H groups in total. The number of nitrogens with one attached hydrogen (secondary N) is 2. The van der Waals surface area contributed by atoms with Crippen molar-refractivity contribution < 1.29 is 14.3 Å². The van der Waals surface area contributed by atoms with Crippen LogP contribution in [0.5, 0.6) is 5.75 Å². The van der Waals surface area contributed by atoms with Crippen molar-refractivity contribution in [3.05, 3.63) is 59.7 Å². The third kappa shape index (κ3) is 6.71. The molecule has 0 saturated carbocycles. The normalized spacial score (nSPS) is 10.1. The van der Waals surface area contributed by atoms with Gasteiger partial charge in [-0.1, -0.05) is 19.8 Å². The number of hydrogen-bond donors (Lipinski definition) is 3. The Balaban J connectivity index is 1.84. The maximum atomic E-state index is 12.3. The zero-order valence-corrected chi connectivity index (χ0v) is 16.0. The Morgan fingerprint density at radius 1 is 1.00 bits per heavy atom. The molecule has 0 fully saturated rings. The van der Waals surface area contributed by atoms with Crippen LogP contribution >= 0.6 is 12.2 Å². The number of carbonyl (C=O) groups excluding carboxylic acids is 2. The Kier molecular flexibility index (Phi) is 7.76. The molecule has 0 aromatic heterocycles. The van der Waals surface area contributed by atoms with Crippen LogP contribution < -0.4 is 21.1 Å². The Morgan fingerprint density at radius 3 is 2.22 bits per heavy atom. The minimum atomic E-state index is -0.504. The third-order valence-corrected chi connectivity index (χ3v) is 3.99. The summed E-state index contributed by atoms with van der Waals surface area (Å²) in [5.41, 5.74) is 6.71. The lowest BCUT2D eigenvalue weighted by Gasteiger charge is -2.10. The molecule has 27 heavy (non-hydrogen) atoms. The number of amides is 2. The van der Waals surface area contributed by atoms with E-state index in [4.69, 9.17) is 22.7 Å². The summed E-state index contributed by atoms with van der Waals surface area (Å²) in [5, 5.41) is 5.65. The summed E-state index contributed by atoms with van der Waals surface area (Å²) in [6.07, 6.45) is 3.29. The molecule has 0 radical (unpaired) electrons. The van der Waals surface area contributed by atoms with Crippen LogP contribution in [0.15, 0.2) is 48.5 Å². The number of thiocarbonyl (C=S) groups is 1. The van der Waals surface area contributed by atoms with Crippen molar-refractivity contribution in [3.8, 4) is 5.75 Å². The second kappa shape index (κ2) is 10.3. The number of rotatable bonds is 8. The largest absolute Gasteiger partial charge is 0.494 e. The van der Waals surface area contributed by atoms with E-state index >= 15 is 0 Å². The highest BCUT2D eigenvalue weighted by molar-refractivity contribution is 7.80. The Morgan fingerprint density at radius 2 is 1.63 bits per heavy atom. The average molecular weight is 385 g/mol. The highest BCUT2D eigenvalue weighted by Crippen LogP contribution is 2.13. The van der Waals surface area contributed by atoms with Gasteiger partial charge >= 0.3 is 0 Å². The molecule has 0 atom stereocenters. The van der Waals surface area contributed by atoms with E-state index in [2.05, 4.69) is 17.6 Å². The minimum Gasteiger partial charge on any atom is -0.494 e. The fourth-order valence-corrected chi connectivity index (χ4v) is 2.51. The second-order valence-electron chi connectivity index (χ2n) is 5.93. The van der Waals surface area contributed by atoms with Gasteiger partial charge in [0, 0.05) is 16.8 Å². The van der Waals surface area contributed by atoms with Gasteiger partial charge < -0.3 is 15.8 Å². The zero-order valence-electron chi connectivity index (χ0n) is 15.2. The first-order valence-corrected chi connectivity index (χ1v) is 9.15. The SMILES string of the molecule is CCCCCOc1ccc(C(=O)NC(=S)Nc2ccc(C(N)=O)cc2)cc1. The van der Waals surface area contributed by atoms with Crippen molar-refractivity contribution in [2.24, 2.45) is 5.73 Å². The van der Waals surface area contributed by atoms with Gasteiger partial charge in [-0.25, -0.2) is 0 Å². The molecule has 2 aromatic rings. The quantitative estimate of drug-likeness (QED) is 0.478. The smallest absolute Gasteiger partial charge is 0.257 e. The van der Waals surface area contributed by atoms with Crippen LogP contribution in [0.2, 0.25) is 0 Å². The molecular weight excluding hydrogens is 362 g/mol. The van der Waals surface area contributed by atoms with Crippen LogP contribution in [0.25, 0.3) is 0 Å². The molecule has 0 bridgehead atoms. The van der Waals surface area contributed by atoms with E-state index in [0.29, 0.717) is 23.4 Å². The van der Waals surface area contributed by atoms with Gasteiger partial charge in [-0.05, 0) is 67.2 Å². The standard InChI is InChI=1S/C20H23N3O3S/c1-2-3-4-13-26-17-11-7-15(8-12-17)19(25)23-20(27)22-16-9-5-14(6-10-16)18(21)24/h5-12H,2-4,13H2,1H3,(H2,21,24)(H2,22,23,25,27). The van der Waals surface area contributed by atoms with E-state index in [0.717, 1.165) is 25.0 Å². The molecule has 6 nitrogen and oxygen atoms in total. The van der Waals surface area contributed by atoms with Crippen molar-refractivity contribution in [2.75, 3.05) is 11.9 Å². The molecular formula is C20H23N3O3S. The van der Waals surface area contributed by atoms with E-state index in [-0.39, 0.29) is 11.0 Å². The topological polar surface area (TPSA) is 93.4 Å². The zero-order chi connectivity index (χ0) is 19.6. The number of ether oxygens (including phenoxy) is 1. The number of hydrogen-bond acceptors (Lipinski definition) is 4. The predicted octanol–water partition coefficient (Wildman–Crippen LogP) is 3.48. The van der Waals surface area contributed by atoms with Gasteiger partial charge in [-0.15, -0.1) is 0 Å². The molecule has 142 valence electrons. The Hall–Kier alpha value is -2.93. The fraction of sp³-hybridized carbons (Fsp3) is 0.250. The molecule has 0 aliphatic heterocycles. The van der Waals surface area contributed by atoms with Crippen LogP contribution in [0.3, 0.4) is 0 Å². The van der Waals surface area contributed by atoms with Crippen molar-refractivity contribution in [3.63, 3.8) is 0 Å². The molecule has 2 amide bonds. The van der Waals surface area contributed by atoms with Gasteiger partial charge in [0.25, 0.3) is 5.91 Å². The predicted molar refractivity (Wildman–Crippen MR) is 110 cm³/mol. The highest BCUT2D eigenvalue weighted by atomic mass is 32.1. The van der Waals surface area contributed by atoms with Gasteiger partial charge in [0.2, 0.25) is 5.91 Å². The second-order valence-corrected chi connectivity index (χ2v) is 6.34. The molecule has 2 rings (SSSR count). The summed E-state index contributed by atoms with van der Waals surface area (Å²) in [6, 6.07) is 13.4. The van der Waals surface area contributed by atoms with Gasteiger partial charge in [-0.2, -0.15) is 0 Å². The van der Waals surface area contributed by atoms with Gasteiger partial charge in [-0.3, -0.25) is 14.9 Å². The Labute approximate surface area is 164 Å². The van der Waals surface area contributed by atoms with Gasteiger partial charge in [0.15, 0.2) is 5.11 Å². The van der Waals surface area contributed by atoms with E-state index in [1.165, 1.54) is 0 Å². The van der Waals surface area contributed by atoms with Crippen molar-refractivity contribution in [1.82, 2.24) is 5.32 Å². The van der Waals surface area contributed by atoms with Crippen molar-refractivity contribution >= 4 is 34.8 Å². The van der Waals surface area contributed by atoms with Crippen LogP contribution in [0, 0.1) is 0 Å². The molecule has 0 heterocycles. The van der Waals surface area contributed by atoms with Gasteiger partial charge in [0.1, 0.15) is 5.75 Å². The summed E-state index contributed by atoms with van der Waals surface area (Å²) in [5.74, 6) is -0.0908. The summed E-state index contributed by atoms with van der Waals surface area (Å²) in [4.78, 5) is 23.3. The summed E-state index contributed by atoms with van der Waals surface area (Å²) < 4.78 is 5.63. The summed E-state index contributed by atoms with van der Waals surface area (Å²) in [6.45, 7) is 2.81. The maximum absolute atomic E-state index is 12.3. The summed E-state index contributed by atoms with van der Waals surface area (Å²) in [7, 11) is 0. The number of nitrogens with two attached hydrogens (primary N) is 1. The van der Waals surface area contributed by atoms with Crippen LogP contribution in [-0.4, -0.2) is 23.5 Å². The minimum absolute atomic E-state index is 0.159. The van der Waals surface area contributed by atoms with Crippen LogP contribution in [0.4, 0.5) is 5.69 Å². The molecule has 7 heteroatoms. The highest BCUT2D eigenvalue weighted by Gasteiger charge is 2.09. The number of anilines is 1. The number of primary amides is 1. The van der Waals surface area contributed by atoms with Crippen molar-refractivity contribution in [1.29, 1.82) is 0 Å². The first-order valence-electron chi connectivity index (χ1n) is 8.74. The van der Waals surface area contributed by atoms with Crippen molar-refractivity contribution in [2.45, 2.75) is 26.2 Å². The molecule has 0 spiro atoms. The van der Waals surface area contributed by atoms with E-state index in [9.17, 15) is 9.59 Å². The van der Waals surface area contributed by atoms with Gasteiger partial charge in [0.05, 0.1) is 6.61 Å². The number of benzene rings is 2. The summed E-state index contributed by atoms with van der Waals surface area (Å²) >= 11 is 5.15. The molecule has 2 aromatic carbocycles. The first-order chi connectivity index (χ1) is 13.0. The Bertz CT molecular complexity index is 789. The molecule has 0 aliphatic carbocycles. The lowest BCUT2D eigenvalue weighted by molar-refractivity contribution is 0.0975. The van der Waals surface area contributed by atoms with Crippen LogP contribution in [0.1, 0.15) is 46.9 Å². The monoisotopic (exact) mass is 385 g/mol. The van der Waals surface area contributed by atoms with E-state index in [1.807, 2.05) is 0 Å². The molecule has 0 aliphatic rings. The fourth-order valence-electron chi connectivity index (χ4n) is 2.30. The maximum Gasteiger partial charge on any atom is 0.257 e. The lowest BCUT2D eigenvalue weighted by atomic mass is 10.2.